The van der Waals surface area contributed by atoms with Gasteiger partial charge in [0.1, 0.15) is 5.54 Å². The Bertz CT molecular complexity index is 502. The summed E-state index contributed by atoms with van der Waals surface area (Å²) >= 11 is 9.35. The van der Waals surface area contributed by atoms with E-state index < -0.39 is 5.54 Å². The van der Waals surface area contributed by atoms with Crippen LogP contribution >= 0.6 is 27.5 Å². The third-order valence-corrected chi connectivity index (χ3v) is 5.11. The minimum Gasteiger partial charge on any atom is -0.381 e. The number of carbonyl (C=O) groups is 1. The van der Waals surface area contributed by atoms with Gasteiger partial charge in [-0.25, -0.2) is 0 Å². The van der Waals surface area contributed by atoms with Crippen LogP contribution < -0.4 is 11.1 Å². The average molecular weight is 362 g/mol. The lowest BCUT2D eigenvalue weighted by atomic mass is 9.79. The van der Waals surface area contributed by atoms with Crippen LogP contribution in [-0.2, 0) is 9.53 Å². The molecule has 1 aromatic rings. The van der Waals surface area contributed by atoms with Crippen LogP contribution in [-0.4, -0.2) is 24.7 Å². The third-order valence-electron chi connectivity index (χ3n) is 3.89. The number of amides is 1. The first-order valence-corrected chi connectivity index (χ1v) is 7.70. The molecule has 1 aliphatic carbocycles. The minimum absolute atomic E-state index is 0.209. The van der Waals surface area contributed by atoms with Gasteiger partial charge in [0, 0.05) is 17.3 Å². The monoisotopic (exact) mass is 360 g/mol. The van der Waals surface area contributed by atoms with E-state index in [0.717, 1.165) is 23.0 Å². The van der Waals surface area contributed by atoms with Crippen molar-refractivity contribution >= 4 is 39.1 Å². The summed E-state index contributed by atoms with van der Waals surface area (Å²) in [5.74, 6) is -0.321. The molecular weight excluding hydrogens is 344 g/mol. The Kier molecular flexibility index (Phi) is 4.94. The highest BCUT2D eigenvalue weighted by Gasteiger charge is 2.40. The van der Waals surface area contributed by atoms with Gasteiger partial charge in [0.2, 0.25) is 5.91 Å². The first-order valence-electron chi connectivity index (χ1n) is 6.53. The molecule has 0 unspecified atom stereocenters. The minimum atomic E-state index is -0.706. The fraction of sp³-hybridized carbons (Fsp3) is 0.500. The van der Waals surface area contributed by atoms with E-state index >= 15 is 0 Å². The molecule has 2 rings (SSSR count). The van der Waals surface area contributed by atoms with Crippen molar-refractivity contribution in [1.29, 1.82) is 0 Å². The smallest absolute Gasteiger partial charge is 0.243 e. The molecule has 1 fully saturated rings. The van der Waals surface area contributed by atoms with Gasteiger partial charge in [-0.05, 0) is 59.8 Å². The average Bonchev–Trinajstić information content (AvgIpc) is 2.43. The number of methoxy groups -OCH3 is 1. The molecule has 4 nitrogen and oxygen atoms in total. The molecule has 20 heavy (non-hydrogen) atoms. The molecule has 1 aliphatic rings. The van der Waals surface area contributed by atoms with Crippen molar-refractivity contribution in [3.63, 3.8) is 0 Å². The van der Waals surface area contributed by atoms with Gasteiger partial charge >= 0.3 is 0 Å². The number of hydrogen-bond acceptors (Lipinski definition) is 3. The van der Waals surface area contributed by atoms with Gasteiger partial charge in [-0.2, -0.15) is 0 Å². The first-order chi connectivity index (χ1) is 9.47. The highest BCUT2D eigenvalue weighted by molar-refractivity contribution is 9.10. The van der Waals surface area contributed by atoms with Crippen LogP contribution in [0.25, 0.3) is 0 Å². The number of nitrogens with two attached hydrogens (primary N) is 1. The molecule has 0 radical (unpaired) electrons. The summed E-state index contributed by atoms with van der Waals surface area (Å²) < 4.78 is 6.13. The van der Waals surface area contributed by atoms with Crippen molar-refractivity contribution in [2.24, 2.45) is 5.73 Å². The standard InChI is InChI=1S/C14H18BrClN2O2/c1-20-10-4-6-14(7-5-10,13(17)19)18-9-2-3-12(16)11(15)8-9/h2-3,8,10,18H,4-7H2,1H3,(H2,17,19). The Morgan fingerprint density at radius 3 is 2.65 bits per heavy atom. The van der Waals surface area contributed by atoms with E-state index in [1.165, 1.54) is 0 Å². The van der Waals surface area contributed by atoms with Crippen molar-refractivity contribution in [2.75, 3.05) is 12.4 Å². The number of nitrogens with one attached hydrogen (secondary N) is 1. The Labute approximate surface area is 132 Å². The number of primary amides is 1. The zero-order valence-electron chi connectivity index (χ0n) is 11.3. The molecule has 6 heteroatoms. The Morgan fingerprint density at radius 1 is 1.50 bits per heavy atom. The molecule has 0 saturated heterocycles. The molecule has 0 bridgehead atoms. The fourth-order valence-corrected chi connectivity index (χ4v) is 3.10. The van der Waals surface area contributed by atoms with Gasteiger partial charge in [-0.3, -0.25) is 4.79 Å². The van der Waals surface area contributed by atoms with E-state index in [1.807, 2.05) is 12.1 Å². The molecule has 0 aliphatic heterocycles. The Balaban J connectivity index is 2.17. The molecule has 0 heterocycles. The lowest BCUT2D eigenvalue weighted by Gasteiger charge is -2.38. The molecule has 110 valence electrons. The summed E-state index contributed by atoms with van der Waals surface area (Å²) in [6.07, 6.45) is 3.19. The largest absolute Gasteiger partial charge is 0.381 e. The number of benzene rings is 1. The Hall–Kier alpha value is -0.780. The van der Waals surface area contributed by atoms with Gasteiger partial charge < -0.3 is 15.8 Å². The maximum Gasteiger partial charge on any atom is 0.243 e. The number of halogens is 2. The van der Waals surface area contributed by atoms with Crippen LogP contribution in [0.2, 0.25) is 5.02 Å². The lowest BCUT2D eigenvalue weighted by Crippen LogP contribution is -2.53. The quantitative estimate of drug-likeness (QED) is 0.864. The normalized spacial score (nSPS) is 26.2. The molecule has 0 aromatic heterocycles. The fourth-order valence-electron chi connectivity index (χ4n) is 2.60. The summed E-state index contributed by atoms with van der Waals surface area (Å²) in [4.78, 5) is 11.9. The number of carbonyl (C=O) groups excluding carboxylic acids is 1. The molecule has 1 aromatic carbocycles. The van der Waals surface area contributed by atoms with Crippen LogP contribution in [0.15, 0.2) is 22.7 Å². The van der Waals surface area contributed by atoms with Crippen LogP contribution in [0, 0.1) is 0 Å². The van der Waals surface area contributed by atoms with Crippen LogP contribution in [0.1, 0.15) is 25.7 Å². The zero-order chi connectivity index (χ0) is 14.8. The molecular formula is C14H18BrClN2O2. The highest BCUT2D eigenvalue weighted by Crippen LogP contribution is 2.34. The van der Waals surface area contributed by atoms with Crippen molar-refractivity contribution in [3.05, 3.63) is 27.7 Å². The van der Waals surface area contributed by atoms with E-state index in [4.69, 9.17) is 22.1 Å². The topological polar surface area (TPSA) is 64.3 Å². The molecule has 3 N–H and O–H groups in total. The van der Waals surface area contributed by atoms with Gasteiger partial charge in [-0.15, -0.1) is 0 Å². The van der Waals surface area contributed by atoms with Gasteiger partial charge in [0.05, 0.1) is 11.1 Å². The number of ether oxygens (including phenoxy) is 1. The molecule has 0 spiro atoms. The van der Waals surface area contributed by atoms with Crippen molar-refractivity contribution in [3.8, 4) is 0 Å². The maximum absolute atomic E-state index is 11.9. The third kappa shape index (κ3) is 3.27. The second kappa shape index (κ2) is 6.33. The molecule has 0 atom stereocenters. The second-order valence-electron chi connectivity index (χ2n) is 5.14. The van der Waals surface area contributed by atoms with Gasteiger partial charge in [0.15, 0.2) is 0 Å². The van der Waals surface area contributed by atoms with E-state index in [2.05, 4.69) is 21.2 Å². The SMILES string of the molecule is COC1CCC(Nc2ccc(Cl)c(Br)c2)(C(N)=O)CC1. The summed E-state index contributed by atoms with van der Waals surface area (Å²) in [5, 5.41) is 3.92. The zero-order valence-corrected chi connectivity index (χ0v) is 13.6. The maximum atomic E-state index is 11.9. The predicted molar refractivity (Wildman–Crippen MR) is 84.0 cm³/mol. The van der Waals surface area contributed by atoms with Gasteiger partial charge in [-0.1, -0.05) is 11.6 Å². The van der Waals surface area contributed by atoms with Crippen LogP contribution in [0.4, 0.5) is 5.69 Å². The van der Waals surface area contributed by atoms with E-state index in [9.17, 15) is 4.79 Å². The molecule has 1 saturated carbocycles. The van der Waals surface area contributed by atoms with Crippen LogP contribution in [0.3, 0.4) is 0 Å². The van der Waals surface area contributed by atoms with Crippen molar-refractivity contribution < 1.29 is 9.53 Å². The van der Waals surface area contributed by atoms with E-state index in [0.29, 0.717) is 17.9 Å². The van der Waals surface area contributed by atoms with Gasteiger partial charge in [0.25, 0.3) is 0 Å². The highest BCUT2D eigenvalue weighted by atomic mass is 79.9. The van der Waals surface area contributed by atoms with Crippen LogP contribution in [0.5, 0.6) is 0 Å². The number of hydrogen-bond donors (Lipinski definition) is 2. The Morgan fingerprint density at radius 2 is 2.15 bits per heavy atom. The molecule has 1 amide bonds. The lowest BCUT2D eigenvalue weighted by molar-refractivity contribution is -0.124. The van der Waals surface area contributed by atoms with E-state index in [1.54, 1.807) is 13.2 Å². The number of anilines is 1. The van der Waals surface area contributed by atoms with Crippen molar-refractivity contribution in [2.45, 2.75) is 37.3 Å². The predicted octanol–water partition coefficient (Wildman–Crippen LogP) is 3.33. The summed E-state index contributed by atoms with van der Waals surface area (Å²) in [6, 6.07) is 5.49. The number of rotatable bonds is 4. The van der Waals surface area contributed by atoms with Crippen molar-refractivity contribution in [1.82, 2.24) is 0 Å². The second-order valence-corrected chi connectivity index (χ2v) is 6.40. The summed E-state index contributed by atoms with van der Waals surface area (Å²) in [5.41, 5.74) is 5.75. The summed E-state index contributed by atoms with van der Waals surface area (Å²) in [7, 11) is 1.70. The van der Waals surface area contributed by atoms with E-state index in [-0.39, 0.29) is 12.0 Å². The first kappa shape index (κ1) is 15.6. The summed E-state index contributed by atoms with van der Waals surface area (Å²) in [6.45, 7) is 0.